The van der Waals surface area contributed by atoms with E-state index in [9.17, 15) is 14.4 Å². The summed E-state index contributed by atoms with van der Waals surface area (Å²) in [5.74, 6) is 1.72. The maximum absolute atomic E-state index is 12.9. The third kappa shape index (κ3) is 61.1. The molecule has 0 bridgehead atoms. The Labute approximate surface area is 457 Å². The molecule has 0 aromatic heterocycles. The van der Waals surface area contributed by atoms with Gasteiger partial charge in [0.25, 0.3) is 0 Å². The smallest absolute Gasteiger partial charge is 0.306 e. The monoisotopic (exact) mass is 1030 g/mol. The SMILES string of the molecule is CC(C)CCCCCCCCCCCCCCCCCCC(=O)OC[C@H](COC(=O)CCCCCCCCCCCCCCCCC(C)C)OC(=O)CCCCCCCCCCCCCCCCCCC(C)C. The van der Waals surface area contributed by atoms with E-state index in [-0.39, 0.29) is 31.1 Å². The van der Waals surface area contributed by atoms with Gasteiger partial charge in [-0.15, -0.1) is 0 Å². The van der Waals surface area contributed by atoms with Crippen molar-refractivity contribution in [3.8, 4) is 0 Å². The van der Waals surface area contributed by atoms with E-state index >= 15 is 0 Å². The highest BCUT2D eigenvalue weighted by molar-refractivity contribution is 5.71. The molecule has 0 aliphatic heterocycles. The highest BCUT2D eigenvalue weighted by atomic mass is 16.6. The van der Waals surface area contributed by atoms with Crippen LogP contribution in [0.1, 0.15) is 375 Å². The predicted molar refractivity (Wildman–Crippen MR) is 316 cm³/mol. The summed E-state index contributed by atoms with van der Waals surface area (Å²) in [6.45, 7) is 13.8. The van der Waals surface area contributed by atoms with Gasteiger partial charge in [-0.05, 0) is 37.0 Å². The minimum Gasteiger partial charge on any atom is -0.462 e. The first kappa shape index (κ1) is 71.4. The zero-order valence-electron chi connectivity index (χ0n) is 50.4. The van der Waals surface area contributed by atoms with E-state index in [1.165, 1.54) is 257 Å². The molecule has 73 heavy (non-hydrogen) atoms. The van der Waals surface area contributed by atoms with Crippen molar-refractivity contribution >= 4 is 17.9 Å². The number of hydrogen-bond donors (Lipinski definition) is 0. The molecule has 6 heteroatoms. The first-order valence-electron chi connectivity index (χ1n) is 33.1. The van der Waals surface area contributed by atoms with Crippen LogP contribution in [-0.4, -0.2) is 37.2 Å². The van der Waals surface area contributed by atoms with Gasteiger partial charge in [0.1, 0.15) is 13.2 Å². The quantitative estimate of drug-likeness (QED) is 0.0343. The largest absolute Gasteiger partial charge is 0.462 e. The van der Waals surface area contributed by atoms with Crippen LogP contribution in [0.5, 0.6) is 0 Å². The molecule has 0 aromatic rings. The average Bonchev–Trinajstić information content (AvgIpc) is 3.35. The van der Waals surface area contributed by atoms with Gasteiger partial charge in [0.2, 0.25) is 0 Å². The van der Waals surface area contributed by atoms with E-state index in [4.69, 9.17) is 14.2 Å². The molecule has 0 N–H and O–H groups in total. The van der Waals surface area contributed by atoms with Gasteiger partial charge >= 0.3 is 17.9 Å². The van der Waals surface area contributed by atoms with Crippen molar-refractivity contribution in [1.82, 2.24) is 0 Å². The van der Waals surface area contributed by atoms with Crippen LogP contribution >= 0.6 is 0 Å². The van der Waals surface area contributed by atoms with Gasteiger partial charge in [0.15, 0.2) is 6.10 Å². The van der Waals surface area contributed by atoms with Crippen LogP contribution in [0.25, 0.3) is 0 Å². The number of hydrogen-bond acceptors (Lipinski definition) is 6. The standard InChI is InChI=1S/C67H130O6/c1-61(2)53-47-41-35-29-23-17-11-7-9-13-20-26-32-38-44-50-56-65(68)71-59-64(60-72-66(69)57-51-45-39-33-27-21-16-15-19-25-31-37-43-49-55-63(5)6)73-67(70)58-52-46-40-34-28-22-14-10-8-12-18-24-30-36-42-48-54-62(3)4/h61-64H,7-60H2,1-6H3/t64-/m1/s1. The Bertz CT molecular complexity index is 1130. The van der Waals surface area contributed by atoms with Crippen molar-refractivity contribution < 1.29 is 28.6 Å². The highest BCUT2D eigenvalue weighted by Crippen LogP contribution is 2.19. The van der Waals surface area contributed by atoms with Crippen molar-refractivity contribution in [2.45, 2.75) is 382 Å². The molecule has 0 saturated heterocycles. The van der Waals surface area contributed by atoms with E-state index in [1.807, 2.05) is 0 Å². The third-order valence-corrected chi connectivity index (χ3v) is 15.4. The highest BCUT2D eigenvalue weighted by Gasteiger charge is 2.19. The molecule has 0 fully saturated rings. The summed E-state index contributed by atoms with van der Waals surface area (Å²) >= 11 is 0. The molecule has 0 unspecified atom stereocenters. The normalized spacial score (nSPS) is 12.1. The second-order valence-electron chi connectivity index (χ2n) is 24.5. The summed E-state index contributed by atoms with van der Waals surface area (Å²) in [6.07, 6.45) is 63.9. The molecule has 0 saturated carbocycles. The van der Waals surface area contributed by atoms with Crippen LogP contribution in [0.2, 0.25) is 0 Å². The first-order chi connectivity index (χ1) is 35.6. The fourth-order valence-electron chi connectivity index (χ4n) is 10.4. The lowest BCUT2D eigenvalue weighted by molar-refractivity contribution is -0.167. The van der Waals surface area contributed by atoms with Crippen LogP contribution in [0.15, 0.2) is 0 Å². The molecule has 1 atom stereocenters. The molecule has 434 valence electrons. The number of unbranched alkanes of at least 4 members (excludes halogenated alkanes) is 43. The lowest BCUT2D eigenvalue weighted by Crippen LogP contribution is -2.30. The fraction of sp³-hybridized carbons (Fsp3) is 0.955. The fourth-order valence-corrected chi connectivity index (χ4v) is 10.4. The molecule has 0 aromatic carbocycles. The van der Waals surface area contributed by atoms with E-state index in [0.29, 0.717) is 19.3 Å². The van der Waals surface area contributed by atoms with E-state index in [2.05, 4.69) is 41.5 Å². The minimum absolute atomic E-state index is 0.0622. The summed E-state index contributed by atoms with van der Waals surface area (Å²) in [7, 11) is 0. The molecular formula is C67H130O6. The van der Waals surface area contributed by atoms with Crippen molar-refractivity contribution in [1.29, 1.82) is 0 Å². The maximum Gasteiger partial charge on any atom is 0.306 e. The van der Waals surface area contributed by atoms with Crippen LogP contribution in [0, 0.1) is 17.8 Å². The van der Waals surface area contributed by atoms with Gasteiger partial charge in [-0.3, -0.25) is 14.4 Å². The average molecular weight is 1030 g/mol. The Morgan fingerprint density at radius 1 is 0.233 bits per heavy atom. The Kier molecular flexibility index (Phi) is 56.8. The van der Waals surface area contributed by atoms with E-state index in [1.54, 1.807) is 0 Å². The van der Waals surface area contributed by atoms with Gasteiger partial charge in [0, 0.05) is 19.3 Å². The second kappa shape index (κ2) is 58.1. The maximum atomic E-state index is 12.9. The molecule has 0 heterocycles. The molecular weight excluding hydrogens is 901 g/mol. The van der Waals surface area contributed by atoms with Crippen molar-refractivity contribution in [3.05, 3.63) is 0 Å². The topological polar surface area (TPSA) is 78.9 Å². The zero-order chi connectivity index (χ0) is 53.3. The van der Waals surface area contributed by atoms with Crippen LogP contribution < -0.4 is 0 Å². The number of ether oxygens (including phenoxy) is 3. The van der Waals surface area contributed by atoms with E-state index < -0.39 is 6.10 Å². The molecule has 6 nitrogen and oxygen atoms in total. The predicted octanol–water partition coefficient (Wildman–Crippen LogP) is 22.2. The van der Waals surface area contributed by atoms with E-state index in [0.717, 1.165) is 75.5 Å². The first-order valence-corrected chi connectivity index (χ1v) is 33.1. The molecule has 0 amide bonds. The van der Waals surface area contributed by atoms with Crippen LogP contribution in [-0.2, 0) is 28.6 Å². The summed E-state index contributed by atoms with van der Waals surface area (Å²) in [5.41, 5.74) is 0. The Hall–Kier alpha value is -1.59. The molecule has 0 rings (SSSR count). The van der Waals surface area contributed by atoms with Crippen molar-refractivity contribution in [2.24, 2.45) is 17.8 Å². The van der Waals surface area contributed by atoms with Gasteiger partial charge < -0.3 is 14.2 Å². The number of rotatable bonds is 60. The Balaban J connectivity index is 4.29. The number of carbonyl (C=O) groups is 3. The van der Waals surface area contributed by atoms with Crippen molar-refractivity contribution in [3.63, 3.8) is 0 Å². The Morgan fingerprint density at radius 3 is 0.589 bits per heavy atom. The lowest BCUT2D eigenvalue weighted by atomic mass is 10.0. The minimum atomic E-state index is -0.765. The Morgan fingerprint density at radius 2 is 0.397 bits per heavy atom. The third-order valence-electron chi connectivity index (χ3n) is 15.4. The lowest BCUT2D eigenvalue weighted by Gasteiger charge is -2.18. The van der Waals surface area contributed by atoms with Gasteiger partial charge in [-0.25, -0.2) is 0 Å². The van der Waals surface area contributed by atoms with Gasteiger partial charge in [-0.2, -0.15) is 0 Å². The molecule has 0 radical (unpaired) electrons. The summed E-state index contributed by atoms with van der Waals surface area (Å²) < 4.78 is 17.0. The molecule has 0 aliphatic rings. The zero-order valence-corrected chi connectivity index (χ0v) is 50.4. The number of esters is 3. The van der Waals surface area contributed by atoms with Gasteiger partial charge in [0.05, 0.1) is 0 Å². The summed E-state index contributed by atoms with van der Waals surface area (Å²) in [4.78, 5) is 38.4. The second-order valence-corrected chi connectivity index (χ2v) is 24.5. The molecule has 0 aliphatic carbocycles. The van der Waals surface area contributed by atoms with Crippen molar-refractivity contribution in [2.75, 3.05) is 13.2 Å². The van der Waals surface area contributed by atoms with Crippen LogP contribution in [0.3, 0.4) is 0 Å². The summed E-state index contributed by atoms with van der Waals surface area (Å²) in [5, 5.41) is 0. The summed E-state index contributed by atoms with van der Waals surface area (Å²) in [6, 6.07) is 0. The van der Waals surface area contributed by atoms with Crippen LogP contribution in [0.4, 0.5) is 0 Å². The molecule has 0 spiro atoms. The van der Waals surface area contributed by atoms with Gasteiger partial charge in [-0.1, -0.05) is 337 Å². The number of carbonyl (C=O) groups excluding carboxylic acids is 3.